The third kappa shape index (κ3) is 2.11. The van der Waals surface area contributed by atoms with E-state index in [1.54, 1.807) is 6.07 Å². The minimum atomic E-state index is -0.518. The Hall–Kier alpha value is -1.82. The van der Waals surface area contributed by atoms with Crippen LogP contribution in [0.15, 0.2) is 18.2 Å². The molecule has 0 atom stereocenters. The zero-order valence-electron chi connectivity index (χ0n) is 7.43. The lowest BCUT2D eigenvalue weighted by atomic mass is 10.2. The van der Waals surface area contributed by atoms with E-state index in [0.29, 0.717) is 5.69 Å². The van der Waals surface area contributed by atoms with Crippen LogP contribution < -0.4 is 11.1 Å². The van der Waals surface area contributed by atoms with E-state index < -0.39 is 4.92 Å². The number of anilines is 2. The summed E-state index contributed by atoms with van der Waals surface area (Å²) in [5, 5.41) is 21.9. The molecule has 6 nitrogen and oxygen atoms in total. The van der Waals surface area contributed by atoms with Crippen LogP contribution in [0.2, 0.25) is 0 Å². The highest BCUT2D eigenvalue weighted by molar-refractivity contribution is 5.76. The number of para-hydroxylation sites is 1. The largest absolute Gasteiger partial charge is 0.397 e. The van der Waals surface area contributed by atoms with Gasteiger partial charge in [0.1, 0.15) is 5.69 Å². The fraction of sp³-hybridized carbons (Fsp3) is 0.250. The highest BCUT2D eigenvalue weighted by atomic mass is 16.6. The van der Waals surface area contributed by atoms with Gasteiger partial charge in [-0.25, -0.2) is 0 Å². The average Bonchev–Trinajstić information content (AvgIpc) is 2.15. The van der Waals surface area contributed by atoms with Crippen LogP contribution in [0.25, 0.3) is 0 Å². The number of nitrogens with two attached hydrogens (primary N) is 1. The predicted octanol–water partition coefficient (Wildman–Crippen LogP) is 0.581. The zero-order chi connectivity index (χ0) is 10.6. The number of nitrogens with zero attached hydrogens (tertiary/aromatic N) is 1. The Labute approximate surface area is 80.5 Å². The fourth-order valence-electron chi connectivity index (χ4n) is 1.08. The van der Waals surface area contributed by atoms with Gasteiger partial charge in [0.15, 0.2) is 0 Å². The number of hydrogen-bond acceptors (Lipinski definition) is 5. The van der Waals surface area contributed by atoms with Gasteiger partial charge in [0.25, 0.3) is 5.69 Å². The monoisotopic (exact) mass is 197 g/mol. The number of rotatable bonds is 4. The van der Waals surface area contributed by atoms with Crippen LogP contribution in [0.5, 0.6) is 0 Å². The van der Waals surface area contributed by atoms with Crippen molar-refractivity contribution in [2.45, 2.75) is 0 Å². The van der Waals surface area contributed by atoms with Crippen LogP contribution in [-0.4, -0.2) is 23.2 Å². The molecule has 0 aromatic heterocycles. The predicted molar refractivity (Wildman–Crippen MR) is 53.1 cm³/mol. The van der Waals surface area contributed by atoms with Crippen LogP contribution in [-0.2, 0) is 0 Å². The Morgan fingerprint density at radius 2 is 2.29 bits per heavy atom. The van der Waals surface area contributed by atoms with Crippen LogP contribution in [0.1, 0.15) is 0 Å². The molecule has 0 bridgehead atoms. The molecule has 0 saturated heterocycles. The minimum absolute atomic E-state index is 0.0848. The lowest BCUT2D eigenvalue weighted by molar-refractivity contribution is -0.383. The van der Waals surface area contributed by atoms with E-state index in [1.807, 2.05) is 0 Å². The van der Waals surface area contributed by atoms with E-state index in [2.05, 4.69) is 5.32 Å². The molecule has 0 fully saturated rings. The van der Waals surface area contributed by atoms with Crippen molar-refractivity contribution in [3.8, 4) is 0 Å². The van der Waals surface area contributed by atoms with Crippen molar-refractivity contribution in [3.05, 3.63) is 28.3 Å². The topological polar surface area (TPSA) is 101 Å². The van der Waals surface area contributed by atoms with Crippen molar-refractivity contribution < 1.29 is 10.0 Å². The molecule has 0 spiro atoms. The first-order valence-corrected chi connectivity index (χ1v) is 4.04. The molecule has 76 valence electrons. The Morgan fingerprint density at radius 1 is 1.57 bits per heavy atom. The van der Waals surface area contributed by atoms with E-state index in [-0.39, 0.29) is 24.5 Å². The Kier molecular flexibility index (Phi) is 3.24. The number of aliphatic hydroxyl groups excluding tert-OH is 1. The number of nitrogens with one attached hydrogen (secondary N) is 1. The molecule has 6 heteroatoms. The SMILES string of the molecule is Nc1cccc([N+](=O)[O-])c1NCCO. The van der Waals surface area contributed by atoms with Crippen LogP contribution in [0.3, 0.4) is 0 Å². The molecule has 0 unspecified atom stereocenters. The van der Waals surface area contributed by atoms with Gasteiger partial charge in [-0.3, -0.25) is 10.1 Å². The van der Waals surface area contributed by atoms with Crippen molar-refractivity contribution in [2.75, 3.05) is 24.2 Å². The van der Waals surface area contributed by atoms with E-state index in [0.717, 1.165) is 0 Å². The molecule has 1 aromatic rings. The maximum atomic E-state index is 10.6. The summed E-state index contributed by atoms with van der Waals surface area (Å²) in [7, 11) is 0. The lowest BCUT2D eigenvalue weighted by Crippen LogP contribution is -2.09. The standard InChI is InChI=1S/C8H11N3O3/c9-6-2-1-3-7(11(13)14)8(6)10-4-5-12/h1-3,10,12H,4-5,9H2. The second-order valence-electron chi connectivity index (χ2n) is 2.65. The Morgan fingerprint density at radius 3 is 2.86 bits per heavy atom. The molecule has 0 aliphatic rings. The zero-order valence-corrected chi connectivity index (χ0v) is 7.43. The second kappa shape index (κ2) is 4.43. The number of nitro benzene ring substituents is 1. The van der Waals surface area contributed by atoms with Gasteiger partial charge in [-0.15, -0.1) is 0 Å². The average molecular weight is 197 g/mol. The molecule has 0 radical (unpaired) electrons. The van der Waals surface area contributed by atoms with Crippen LogP contribution in [0.4, 0.5) is 17.1 Å². The molecule has 0 saturated carbocycles. The third-order valence-corrected chi connectivity index (χ3v) is 1.68. The normalized spacial score (nSPS) is 9.79. The summed E-state index contributed by atoms with van der Waals surface area (Å²) in [5.41, 5.74) is 6.02. The maximum absolute atomic E-state index is 10.6. The van der Waals surface area contributed by atoms with E-state index in [4.69, 9.17) is 10.8 Å². The summed E-state index contributed by atoms with van der Waals surface area (Å²) in [6, 6.07) is 4.43. The van der Waals surface area contributed by atoms with Crippen molar-refractivity contribution in [1.82, 2.24) is 0 Å². The highest BCUT2D eigenvalue weighted by Gasteiger charge is 2.14. The van der Waals surface area contributed by atoms with Gasteiger partial charge < -0.3 is 16.2 Å². The molecule has 0 heterocycles. The lowest BCUT2D eigenvalue weighted by Gasteiger charge is -2.07. The Balaban J connectivity index is 3.02. The summed E-state index contributed by atoms with van der Waals surface area (Å²) in [4.78, 5) is 10.1. The minimum Gasteiger partial charge on any atom is -0.397 e. The van der Waals surface area contributed by atoms with Crippen molar-refractivity contribution in [2.24, 2.45) is 0 Å². The molecule has 0 aliphatic carbocycles. The first kappa shape index (κ1) is 10.3. The smallest absolute Gasteiger partial charge is 0.294 e. The molecule has 14 heavy (non-hydrogen) atoms. The number of benzene rings is 1. The van der Waals surface area contributed by atoms with Gasteiger partial charge in [-0.1, -0.05) is 6.07 Å². The third-order valence-electron chi connectivity index (χ3n) is 1.68. The molecule has 0 aliphatic heterocycles. The van der Waals surface area contributed by atoms with Gasteiger partial charge in [0.05, 0.1) is 17.2 Å². The van der Waals surface area contributed by atoms with Gasteiger partial charge in [0.2, 0.25) is 0 Å². The summed E-state index contributed by atoms with van der Waals surface area (Å²) in [5.74, 6) is 0. The summed E-state index contributed by atoms with van der Waals surface area (Å²) in [6.07, 6.45) is 0. The molecule has 0 amide bonds. The summed E-state index contributed by atoms with van der Waals surface area (Å²) in [6.45, 7) is 0.126. The number of hydrogen-bond donors (Lipinski definition) is 3. The summed E-state index contributed by atoms with van der Waals surface area (Å²) < 4.78 is 0. The van der Waals surface area contributed by atoms with Gasteiger partial charge in [0, 0.05) is 12.6 Å². The molecule has 4 N–H and O–H groups in total. The molecule has 1 aromatic carbocycles. The molecule has 1 rings (SSSR count). The molecular weight excluding hydrogens is 186 g/mol. The van der Waals surface area contributed by atoms with Crippen molar-refractivity contribution in [3.63, 3.8) is 0 Å². The highest BCUT2D eigenvalue weighted by Crippen LogP contribution is 2.29. The van der Waals surface area contributed by atoms with Gasteiger partial charge in [-0.2, -0.15) is 0 Å². The molecular formula is C8H11N3O3. The van der Waals surface area contributed by atoms with Gasteiger partial charge in [-0.05, 0) is 6.07 Å². The van der Waals surface area contributed by atoms with Crippen molar-refractivity contribution in [1.29, 1.82) is 0 Å². The number of aliphatic hydroxyl groups is 1. The number of nitrogen functional groups attached to an aromatic ring is 1. The van der Waals surface area contributed by atoms with Crippen molar-refractivity contribution >= 4 is 17.1 Å². The van der Waals surface area contributed by atoms with Crippen LogP contribution >= 0.6 is 0 Å². The number of nitro groups is 1. The first-order chi connectivity index (χ1) is 6.66. The second-order valence-corrected chi connectivity index (χ2v) is 2.65. The Bertz CT molecular complexity index is 341. The van der Waals surface area contributed by atoms with Crippen LogP contribution in [0, 0.1) is 10.1 Å². The fourth-order valence-corrected chi connectivity index (χ4v) is 1.08. The van der Waals surface area contributed by atoms with E-state index in [1.165, 1.54) is 12.1 Å². The quantitative estimate of drug-likeness (QED) is 0.372. The van der Waals surface area contributed by atoms with Gasteiger partial charge >= 0.3 is 0 Å². The first-order valence-electron chi connectivity index (χ1n) is 4.04. The summed E-state index contributed by atoms with van der Waals surface area (Å²) >= 11 is 0. The van der Waals surface area contributed by atoms with E-state index in [9.17, 15) is 10.1 Å². The maximum Gasteiger partial charge on any atom is 0.294 e. The van der Waals surface area contributed by atoms with E-state index >= 15 is 0 Å².